The molecule has 4 aromatic rings. The zero-order valence-electron chi connectivity index (χ0n) is 19.0. The van der Waals surface area contributed by atoms with Gasteiger partial charge in [-0.25, -0.2) is 9.59 Å². The Labute approximate surface area is 201 Å². The van der Waals surface area contributed by atoms with E-state index in [1.54, 1.807) is 18.2 Å². The Balaban J connectivity index is 1.60. The van der Waals surface area contributed by atoms with Crippen molar-refractivity contribution >= 4 is 34.5 Å². The van der Waals surface area contributed by atoms with E-state index in [1.165, 1.54) is 19.2 Å². The molecule has 1 N–H and O–H groups in total. The average Bonchev–Trinajstić information content (AvgIpc) is 2.88. The van der Waals surface area contributed by atoms with E-state index in [9.17, 15) is 14.4 Å². The van der Waals surface area contributed by atoms with E-state index < -0.39 is 17.5 Å². The van der Waals surface area contributed by atoms with Gasteiger partial charge in [-0.1, -0.05) is 60.7 Å². The molecule has 0 aliphatic heterocycles. The van der Waals surface area contributed by atoms with E-state index in [2.05, 4.69) is 5.32 Å². The topological polar surface area (TPSA) is 94.8 Å². The summed E-state index contributed by atoms with van der Waals surface area (Å²) in [5.41, 5.74) is 1.23. The molecule has 35 heavy (non-hydrogen) atoms. The van der Waals surface area contributed by atoms with Crippen LogP contribution < -0.4 is 15.7 Å². The molecule has 1 amide bonds. The van der Waals surface area contributed by atoms with Crippen molar-refractivity contribution in [2.24, 2.45) is 0 Å². The van der Waals surface area contributed by atoms with Crippen LogP contribution in [0, 0.1) is 0 Å². The van der Waals surface area contributed by atoms with Gasteiger partial charge in [0.25, 0.3) is 5.91 Å². The van der Waals surface area contributed by atoms with Gasteiger partial charge in [0.05, 0.1) is 12.2 Å². The molecule has 1 aromatic heterocycles. The highest BCUT2D eigenvalue weighted by Crippen LogP contribution is 2.25. The van der Waals surface area contributed by atoms with Crippen molar-refractivity contribution in [2.45, 2.75) is 0 Å². The SMILES string of the molecule is COCCNC(=O)c1cc2ccc(OC(=O)/C(=C/c3ccccc3)c3ccccc3)cc2oc1=O. The third-order valence-corrected chi connectivity index (χ3v) is 5.17. The number of hydrogen-bond acceptors (Lipinski definition) is 6. The summed E-state index contributed by atoms with van der Waals surface area (Å²) < 4.78 is 15.9. The lowest BCUT2D eigenvalue weighted by Crippen LogP contribution is -2.30. The number of rotatable bonds is 8. The van der Waals surface area contributed by atoms with Gasteiger partial charge in [-0.15, -0.1) is 0 Å². The predicted octanol–water partition coefficient (Wildman–Crippen LogP) is 4.32. The molecule has 7 heteroatoms. The summed E-state index contributed by atoms with van der Waals surface area (Å²) in [6, 6.07) is 24.8. The molecule has 0 bridgehead atoms. The van der Waals surface area contributed by atoms with Crippen LogP contribution in [-0.2, 0) is 9.53 Å². The van der Waals surface area contributed by atoms with Crippen LogP contribution >= 0.6 is 0 Å². The van der Waals surface area contributed by atoms with Crippen LogP contribution in [0.15, 0.2) is 94.1 Å². The number of benzene rings is 3. The van der Waals surface area contributed by atoms with Crippen LogP contribution in [-0.4, -0.2) is 32.1 Å². The smallest absolute Gasteiger partial charge is 0.349 e. The molecule has 0 fully saturated rings. The standard InChI is InChI=1S/C28H23NO6/c1-33-15-14-29-26(30)24-17-21-12-13-22(18-25(21)35-28(24)32)34-27(31)23(20-10-6-3-7-11-20)16-19-8-4-2-5-9-19/h2-13,16-18H,14-15H2,1H3,(H,29,30)/b23-16+. The number of methoxy groups -OCH3 is 1. The number of nitrogens with one attached hydrogen (secondary N) is 1. The molecule has 3 aromatic carbocycles. The summed E-state index contributed by atoms with van der Waals surface area (Å²) in [4.78, 5) is 37.8. The maximum Gasteiger partial charge on any atom is 0.349 e. The fraction of sp³-hybridized carbons (Fsp3) is 0.107. The molecule has 0 radical (unpaired) electrons. The van der Waals surface area contributed by atoms with E-state index in [1.807, 2.05) is 60.7 Å². The number of carbonyl (C=O) groups excluding carboxylic acids is 2. The first kappa shape index (κ1) is 23.7. The highest BCUT2D eigenvalue weighted by molar-refractivity contribution is 6.22. The second-order valence-electron chi connectivity index (χ2n) is 7.62. The number of amides is 1. The molecule has 0 aliphatic carbocycles. The Hall–Kier alpha value is -4.49. The van der Waals surface area contributed by atoms with Crippen LogP contribution in [0.3, 0.4) is 0 Å². The average molecular weight is 469 g/mol. The minimum absolute atomic E-state index is 0.115. The quantitative estimate of drug-likeness (QED) is 0.103. The lowest BCUT2D eigenvalue weighted by atomic mass is 10.0. The van der Waals surface area contributed by atoms with Gasteiger partial charge in [0, 0.05) is 25.1 Å². The van der Waals surface area contributed by atoms with Gasteiger partial charge in [0.2, 0.25) is 0 Å². The maximum atomic E-state index is 13.1. The first-order valence-electron chi connectivity index (χ1n) is 10.9. The van der Waals surface area contributed by atoms with Crippen molar-refractivity contribution in [2.75, 3.05) is 20.3 Å². The molecular weight excluding hydrogens is 446 g/mol. The number of carbonyl (C=O) groups is 2. The van der Waals surface area contributed by atoms with Gasteiger partial charge < -0.3 is 19.2 Å². The molecule has 0 spiro atoms. The van der Waals surface area contributed by atoms with Crippen LogP contribution in [0.5, 0.6) is 5.75 Å². The molecule has 0 saturated carbocycles. The van der Waals surface area contributed by atoms with Crippen molar-refractivity contribution in [3.8, 4) is 5.75 Å². The van der Waals surface area contributed by atoms with E-state index in [0.29, 0.717) is 23.1 Å². The minimum Gasteiger partial charge on any atom is -0.423 e. The summed E-state index contributed by atoms with van der Waals surface area (Å²) in [7, 11) is 1.52. The minimum atomic E-state index is -0.787. The summed E-state index contributed by atoms with van der Waals surface area (Å²) in [6.45, 7) is 0.588. The van der Waals surface area contributed by atoms with Crippen LogP contribution in [0.1, 0.15) is 21.5 Å². The summed E-state index contributed by atoms with van der Waals surface area (Å²) in [6.07, 6.45) is 1.76. The van der Waals surface area contributed by atoms with E-state index in [4.69, 9.17) is 13.9 Å². The number of esters is 1. The predicted molar refractivity (Wildman–Crippen MR) is 133 cm³/mol. The van der Waals surface area contributed by atoms with Crippen LogP contribution in [0.4, 0.5) is 0 Å². The molecule has 0 aliphatic rings. The molecule has 0 saturated heterocycles. The third-order valence-electron chi connectivity index (χ3n) is 5.17. The Morgan fingerprint density at radius 2 is 1.66 bits per heavy atom. The van der Waals surface area contributed by atoms with Crippen molar-refractivity contribution in [1.29, 1.82) is 0 Å². The lowest BCUT2D eigenvalue weighted by molar-refractivity contribution is -0.127. The molecule has 4 rings (SSSR count). The molecule has 0 atom stereocenters. The normalized spacial score (nSPS) is 11.3. The Morgan fingerprint density at radius 1 is 0.943 bits per heavy atom. The highest BCUT2D eigenvalue weighted by Gasteiger charge is 2.17. The summed E-state index contributed by atoms with van der Waals surface area (Å²) in [5, 5.41) is 3.11. The Morgan fingerprint density at radius 3 is 2.37 bits per heavy atom. The summed E-state index contributed by atoms with van der Waals surface area (Å²) >= 11 is 0. The van der Waals surface area contributed by atoms with Gasteiger partial charge in [0.1, 0.15) is 16.9 Å². The van der Waals surface area contributed by atoms with Crippen molar-refractivity contribution < 1.29 is 23.5 Å². The molecule has 1 heterocycles. The van der Waals surface area contributed by atoms with Crippen LogP contribution in [0.2, 0.25) is 0 Å². The van der Waals surface area contributed by atoms with Crippen molar-refractivity contribution in [3.05, 3.63) is 112 Å². The molecular formula is C28H23NO6. The third kappa shape index (κ3) is 5.90. The second kappa shape index (κ2) is 11.1. The van der Waals surface area contributed by atoms with Gasteiger partial charge in [-0.05, 0) is 35.4 Å². The fourth-order valence-corrected chi connectivity index (χ4v) is 3.43. The van der Waals surface area contributed by atoms with Gasteiger partial charge >= 0.3 is 11.6 Å². The molecule has 0 unspecified atom stereocenters. The van der Waals surface area contributed by atoms with Gasteiger partial charge in [-0.3, -0.25) is 4.79 Å². The number of hydrogen-bond donors (Lipinski definition) is 1. The van der Waals surface area contributed by atoms with E-state index >= 15 is 0 Å². The lowest BCUT2D eigenvalue weighted by Gasteiger charge is -2.10. The number of fused-ring (bicyclic) bond motifs is 1. The van der Waals surface area contributed by atoms with Gasteiger partial charge in [-0.2, -0.15) is 0 Å². The monoisotopic (exact) mass is 469 g/mol. The Kier molecular flexibility index (Phi) is 7.50. The summed E-state index contributed by atoms with van der Waals surface area (Å²) in [5.74, 6) is -0.902. The van der Waals surface area contributed by atoms with Crippen molar-refractivity contribution in [1.82, 2.24) is 5.32 Å². The number of ether oxygens (including phenoxy) is 2. The highest BCUT2D eigenvalue weighted by atomic mass is 16.5. The molecule has 7 nitrogen and oxygen atoms in total. The first-order valence-corrected chi connectivity index (χ1v) is 10.9. The van der Waals surface area contributed by atoms with E-state index in [0.717, 1.165) is 5.56 Å². The zero-order chi connectivity index (χ0) is 24.6. The first-order chi connectivity index (χ1) is 17.0. The van der Waals surface area contributed by atoms with E-state index in [-0.39, 0.29) is 23.4 Å². The van der Waals surface area contributed by atoms with Gasteiger partial charge in [0.15, 0.2) is 0 Å². The molecule has 176 valence electrons. The second-order valence-corrected chi connectivity index (χ2v) is 7.62. The Bertz CT molecular complexity index is 1420. The zero-order valence-corrected chi connectivity index (χ0v) is 19.0. The largest absolute Gasteiger partial charge is 0.423 e. The maximum absolute atomic E-state index is 13.1. The van der Waals surface area contributed by atoms with Crippen molar-refractivity contribution in [3.63, 3.8) is 0 Å². The fourth-order valence-electron chi connectivity index (χ4n) is 3.43. The van der Waals surface area contributed by atoms with Crippen LogP contribution in [0.25, 0.3) is 22.6 Å².